The summed E-state index contributed by atoms with van der Waals surface area (Å²) >= 11 is 0.865. The van der Waals surface area contributed by atoms with Crippen LogP contribution in [-0.2, 0) is 6.18 Å². The lowest BCUT2D eigenvalue weighted by molar-refractivity contribution is -0.140. The fourth-order valence-electron chi connectivity index (χ4n) is 0.720. The van der Waals surface area contributed by atoms with Crippen molar-refractivity contribution < 1.29 is 18.3 Å². The molecule has 80 valence electrons. The van der Waals surface area contributed by atoms with Gasteiger partial charge in [-0.2, -0.15) is 13.2 Å². The zero-order valence-corrected chi connectivity index (χ0v) is 8.11. The Morgan fingerprint density at radius 2 is 2.29 bits per heavy atom. The second kappa shape index (κ2) is 4.14. The first-order valence-corrected chi connectivity index (χ1v) is 4.72. The third-order valence-corrected chi connectivity index (χ3v) is 2.14. The van der Waals surface area contributed by atoms with Crippen LogP contribution in [0, 0.1) is 0 Å². The van der Waals surface area contributed by atoms with Crippen molar-refractivity contribution in [2.24, 2.45) is 0 Å². The molecule has 0 unspecified atom stereocenters. The van der Waals surface area contributed by atoms with E-state index in [1.807, 2.05) is 0 Å². The average Bonchev–Trinajstić information content (AvgIpc) is 2.47. The molecule has 1 aromatic rings. The van der Waals surface area contributed by atoms with Gasteiger partial charge >= 0.3 is 6.18 Å². The van der Waals surface area contributed by atoms with Gasteiger partial charge < -0.3 is 10.4 Å². The quantitative estimate of drug-likeness (QED) is 0.828. The maximum absolute atomic E-state index is 12.1. The van der Waals surface area contributed by atoms with Crippen LogP contribution in [0.5, 0.6) is 0 Å². The van der Waals surface area contributed by atoms with Crippen molar-refractivity contribution >= 4 is 16.5 Å². The molecule has 0 radical (unpaired) electrons. The zero-order chi connectivity index (χ0) is 10.8. The van der Waals surface area contributed by atoms with Crippen molar-refractivity contribution in [1.29, 1.82) is 0 Å². The Bertz CT molecular complexity index is 297. The normalized spacial score (nSPS) is 14.1. The molecule has 0 amide bonds. The molecule has 0 aliphatic heterocycles. The standard InChI is InChI=1S/C7H9F3N2OS/c1-4(13)2-11-6-12-5(3-14-6)7(8,9)10/h3-4,13H,2H2,1H3,(H,11,12)/t4-/m0/s1. The summed E-state index contributed by atoms with van der Waals surface area (Å²) in [6, 6.07) is 0. The molecule has 0 aromatic carbocycles. The number of aliphatic hydroxyl groups excluding tert-OH is 1. The van der Waals surface area contributed by atoms with Crippen LogP contribution in [0.3, 0.4) is 0 Å². The monoisotopic (exact) mass is 226 g/mol. The largest absolute Gasteiger partial charge is 0.434 e. The predicted molar refractivity (Wildman–Crippen MR) is 47.3 cm³/mol. The van der Waals surface area contributed by atoms with E-state index in [-0.39, 0.29) is 11.7 Å². The first-order valence-electron chi connectivity index (χ1n) is 3.84. The molecular formula is C7H9F3N2OS. The molecule has 0 saturated carbocycles. The Morgan fingerprint density at radius 3 is 2.71 bits per heavy atom. The number of aliphatic hydroxyl groups is 1. The molecule has 3 nitrogen and oxygen atoms in total. The number of hydrogen-bond donors (Lipinski definition) is 2. The molecule has 1 heterocycles. The number of aromatic nitrogens is 1. The van der Waals surface area contributed by atoms with E-state index in [9.17, 15) is 13.2 Å². The minimum Gasteiger partial charge on any atom is -0.392 e. The van der Waals surface area contributed by atoms with Crippen molar-refractivity contribution in [2.75, 3.05) is 11.9 Å². The van der Waals surface area contributed by atoms with Gasteiger partial charge in [0.1, 0.15) is 0 Å². The van der Waals surface area contributed by atoms with Crippen molar-refractivity contribution in [1.82, 2.24) is 4.98 Å². The highest BCUT2D eigenvalue weighted by molar-refractivity contribution is 7.13. The maximum atomic E-state index is 12.1. The van der Waals surface area contributed by atoms with Crippen LogP contribution in [0.25, 0.3) is 0 Å². The maximum Gasteiger partial charge on any atom is 0.434 e. The number of nitrogens with zero attached hydrogens (tertiary/aromatic N) is 1. The Hall–Kier alpha value is -0.820. The Morgan fingerprint density at radius 1 is 1.64 bits per heavy atom. The molecule has 0 bridgehead atoms. The van der Waals surface area contributed by atoms with Crippen LogP contribution in [0.15, 0.2) is 5.38 Å². The molecular weight excluding hydrogens is 217 g/mol. The fourth-order valence-corrected chi connectivity index (χ4v) is 1.45. The SMILES string of the molecule is C[C@H](O)CNc1nc(C(F)(F)F)cs1. The van der Waals surface area contributed by atoms with Gasteiger partial charge in [0.05, 0.1) is 6.10 Å². The van der Waals surface area contributed by atoms with Gasteiger partial charge in [-0.25, -0.2) is 4.98 Å². The van der Waals surface area contributed by atoms with E-state index in [2.05, 4.69) is 10.3 Å². The van der Waals surface area contributed by atoms with Crippen molar-refractivity contribution in [3.05, 3.63) is 11.1 Å². The minimum atomic E-state index is -4.40. The third kappa shape index (κ3) is 3.15. The van der Waals surface area contributed by atoms with Crippen LogP contribution in [-0.4, -0.2) is 22.7 Å². The number of hydrogen-bond acceptors (Lipinski definition) is 4. The highest BCUT2D eigenvalue weighted by Crippen LogP contribution is 2.31. The van der Waals surface area contributed by atoms with E-state index >= 15 is 0 Å². The number of alkyl halides is 3. The van der Waals surface area contributed by atoms with Gasteiger partial charge in [0.25, 0.3) is 0 Å². The van der Waals surface area contributed by atoms with Gasteiger partial charge in [0, 0.05) is 11.9 Å². The third-order valence-electron chi connectivity index (χ3n) is 1.34. The van der Waals surface area contributed by atoms with Gasteiger partial charge in [-0.1, -0.05) is 0 Å². The van der Waals surface area contributed by atoms with E-state index in [1.54, 1.807) is 0 Å². The van der Waals surface area contributed by atoms with Gasteiger partial charge in [-0.15, -0.1) is 11.3 Å². The summed E-state index contributed by atoms with van der Waals surface area (Å²) in [6.07, 6.45) is -5.02. The molecule has 0 aliphatic rings. The van der Waals surface area contributed by atoms with Crippen LogP contribution in [0.1, 0.15) is 12.6 Å². The van der Waals surface area contributed by atoms with E-state index in [1.165, 1.54) is 6.92 Å². The first-order chi connectivity index (χ1) is 6.39. The summed E-state index contributed by atoms with van der Waals surface area (Å²) in [7, 11) is 0. The molecule has 7 heteroatoms. The highest BCUT2D eigenvalue weighted by atomic mass is 32.1. The van der Waals surface area contributed by atoms with Crippen LogP contribution in [0.2, 0.25) is 0 Å². The van der Waals surface area contributed by atoms with E-state index in [4.69, 9.17) is 5.11 Å². The van der Waals surface area contributed by atoms with Crippen molar-refractivity contribution in [3.63, 3.8) is 0 Å². The number of rotatable bonds is 3. The molecule has 0 fully saturated rings. The lowest BCUT2D eigenvalue weighted by Crippen LogP contribution is -2.15. The van der Waals surface area contributed by atoms with Crippen LogP contribution < -0.4 is 5.32 Å². The smallest absolute Gasteiger partial charge is 0.392 e. The molecule has 0 aliphatic carbocycles. The van der Waals surface area contributed by atoms with Gasteiger partial charge in [-0.3, -0.25) is 0 Å². The van der Waals surface area contributed by atoms with E-state index in [0.29, 0.717) is 0 Å². The summed E-state index contributed by atoms with van der Waals surface area (Å²) in [5.74, 6) is 0. The minimum absolute atomic E-state index is 0.165. The van der Waals surface area contributed by atoms with Crippen molar-refractivity contribution in [2.45, 2.75) is 19.2 Å². The summed E-state index contributed by atoms with van der Waals surface area (Å²) in [5.41, 5.74) is -0.907. The number of anilines is 1. The lowest BCUT2D eigenvalue weighted by Gasteiger charge is -2.04. The zero-order valence-electron chi connectivity index (χ0n) is 7.30. The molecule has 0 saturated heterocycles. The summed E-state index contributed by atoms with van der Waals surface area (Å²) in [4.78, 5) is 3.32. The second-order valence-electron chi connectivity index (χ2n) is 2.77. The summed E-state index contributed by atoms with van der Waals surface area (Å²) in [6.45, 7) is 1.72. The Kier molecular flexibility index (Phi) is 3.33. The number of thiazole rings is 1. The van der Waals surface area contributed by atoms with Crippen molar-refractivity contribution in [3.8, 4) is 0 Å². The average molecular weight is 226 g/mol. The lowest BCUT2D eigenvalue weighted by atomic mass is 10.4. The molecule has 14 heavy (non-hydrogen) atoms. The van der Waals surface area contributed by atoms with Crippen LogP contribution in [0.4, 0.5) is 18.3 Å². The molecule has 1 aromatic heterocycles. The second-order valence-corrected chi connectivity index (χ2v) is 3.62. The van der Waals surface area contributed by atoms with E-state index < -0.39 is 18.0 Å². The summed E-state index contributed by atoms with van der Waals surface area (Å²) in [5, 5.41) is 12.6. The molecule has 2 N–H and O–H groups in total. The molecule has 0 spiro atoms. The topological polar surface area (TPSA) is 45.1 Å². The first kappa shape index (κ1) is 11.3. The number of nitrogens with one attached hydrogen (secondary N) is 1. The van der Waals surface area contributed by atoms with Gasteiger partial charge in [-0.05, 0) is 6.92 Å². The van der Waals surface area contributed by atoms with E-state index in [0.717, 1.165) is 16.7 Å². The molecule has 1 atom stereocenters. The predicted octanol–water partition coefficient (Wildman–Crippen LogP) is 1.95. The number of halogens is 3. The summed E-state index contributed by atoms with van der Waals surface area (Å²) < 4.78 is 36.2. The van der Waals surface area contributed by atoms with Crippen LogP contribution >= 0.6 is 11.3 Å². The fraction of sp³-hybridized carbons (Fsp3) is 0.571. The Labute approximate surface area is 82.6 Å². The molecule has 1 rings (SSSR count). The Balaban J connectivity index is 2.60. The van der Waals surface area contributed by atoms with Gasteiger partial charge in [0.2, 0.25) is 0 Å². The highest BCUT2D eigenvalue weighted by Gasteiger charge is 2.33. The van der Waals surface area contributed by atoms with Gasteiger partial charge in [0.15, 0.2) is 10.8 Å².